The van der Waals surface area contributed by atoms with Crippen LogP contribution in [0.1, 0.15) is 40.8 Å². The minimum atomic E-state index is -0.777. The Morgan fingerprint density at radius 1 is 0.875 bits per heavy atom. The van der Waals surface area contributed by atoms with Gasteiger partial charge in [0.05, 0.1) is 18.2 Å². The maximum atomic E-state index is 13.4. The molecule has 0 saturated carbocycles. The van der Waals surface area contributed by atoms with Gasteiger partial charge in [-0.05, 0) is 79.1 Å². The molecule has 1 saturated heterocycles. The third-order valence-electron chi connectivity index (χ3n) is 6.76. The van der Waals surface area contributed by atoms with Gasteiger partial charge in [-0.25, -0.2) is 0 Å². The van der Waals surface area contributed by atoms with Crippen molar-refractivity contribution in [2.24, 2.45) is 0 Å². The monoisotopic (exact) mass is 534 g/mol. The molecule has 0 spiro atoms. The predicted molar refractivity (Wildman–Crippen MR) is 152 cm³/mol. The highest BCUT2D eigenvalue weighted by Crippen LogP contribution is 2.40. The van der Waals surface area contributed by atoms with Crippen molar-refractivity contribution in [3.05, 3.63) is 131 Å². The summed E-state index contributed by atoms with van der Waals surface area (Å²) in [4.78, 5) is 32.2. The van der Waals surface area contributed by atoms with Gasteiger partial charge in [-0.1, -0.05) is 42.0 Å². The third-order valence-corrected chi connectivity index (χ3v) is 6.76. The molecule has 1 aliphatic heterocycles. The lowest BCUT2D eigenvalue weighted by Gasteiger charge is -2.25. The molecule has 2 heterocycles. The number of aliphatic hydroxyl groups is 1. The molecular formula is C33H30N2O5. The van der Waals surface area contributed by atoms with Crippen molar-refractivity contribution in [1.82, 2.24) is 9.88 Å². The Hall–Kier alpha value is -4.91. The van der Waals surface area contributed by atoms with E-state index >= 15 is 0 Å². The van der Waals surface area contributed by atoms with Crippen LogP contribution in [0.2, 0.25) is 0 Å². The fourth-order valence-corrected chi connectivity index (χ4v) is 4.82. The smallest absolute Gasteiger partial charge is 0.295 e. The molecule has 7 nitrogen and oxygen atoms in total. The summed E-state index contributed by atoms with van der Waals surface area (Å²) in [7, 11) is 0. The molecule has 202 valence electrons. The number of carbonyl (C=O) groups excluding carboxylic acids is 2. The number of aryl methyl sites for hydroxylation is 1. The number of hydrogen-bond donors (Lipinski definition) is 1. The summed E-state index contributed by atoms with van der Waals surface area (Å²) in [5.74, 6) is -0.335. The average Bonchev–Trinajstić information content (AvgIpc) is 3.22. The van der Waals surface area contributed by atoms with Crippen molar-refractivity contribution < 1.29 is 24.2 Å². The Morgan fingerprint density at radius 3 is 2.23 bits per heavy atom. The Morgan fingerprint density at radius 2 is 1.55 bits per heavy atom. The molecule has 3 aromatic carbocycles. The number of aromatic nitrogens is 1. The molecule has 1 fully saturated rings. The van der Waals surface area contributed by atoms with Crippen LogP contribution in [0.5, 0.6) is 11.5 Å². The maximum absolute atomic E-state index is 13.4. The maximum Gasteiger partial charge on any atom is 0.295 e. The number of benzene rings is 3. The fraction of sp³-hybridized carbons (Fsp3) is 0.182. The number of ether oxygens (including phenoxy) is 2. The van der Waals surface area contributed by atoms with Crippen molar-refractivity contribution >= 4 is 17.4 Å². The van der Waals surface area contributed by atoms with E-state index in [4.69, 9.17) is 9.47 Å². The van der Waals surface area contributed by atoms with Gasteiger partial charge in [0.25, 0.3) is 11.7 Å². The topological polar surface area (TPSA) is 89.0 Å². The van der Waals surface area contributed by atoms with Crippen molar-refractivity contribution in [2.45, 2.75) is 33.0 Å². The molecule has 4 aromatic rings. The Labute approximate surface area is 233 Å². The lowest BCUT2D eigenvalue weighted by Crippen LogP contribution is -2.29. The zero-order valence-corrected chi connectivity index (χ0v) is 22.4. The van der Waals surface area contributed by atoms with Gasteiger partial charge >= 0.3 is 0 Å². The number of carbonyl (C=O) groups is 2. The highest BCUT2D eigenvalue weighted by atomic mass is 16.5. The number of Topliss-reactive ketones (excluding diaryl/α,β-unsaturated/α-hetero) is 1. The van der Waals surface area contributed by atoms with E-state index in [0.717, 1.165) is 16.7 Å². The number of pyridine rings is 1. The highest BCUT2D eigenvalue weighted by Gasteiger charge is 2.46. The van der Waals surface area contributed by atoms with Gasteiger partial charge in [0.15, 0.2) is 0 Å². The molecule has 0 aliphatic carbocycles. The molecular weight excluding hydrogens is 504 g/mol. The van der Waals surface area contributed by atoms with Crippen LogP contribution in [-0.4, -0.2) is 33.3 Å². The lowest BCUT2D eigenvalue weighted by atomic mass is 9.95. The van der Waals surface area contributed by atoms with Crippen molar-refractivity contribution in [3.63, 3.8) is 0 Å². The van der Waals surface area contributed by atoms with Gasteiger partial charge in [0.2, 0.25) is 0 Å². The molecule has 1 amide bonds. The number of rotatable bonds is 9. The number of aliphatic hydroxyl groups excluding tert-OH is 1. The average molecular weight is 535 g/mol. The van der Waals surface area contributed by atoms with Crippen LogP contribution < -0.4 is 9.47 Å². The van der Waals surface area contributed by atoms with E-state index in [1.165, 1.54) is 4.90 Å². The van der Waals surface area contributed by atoms with E-state index in [-0.39, 0.29) is 17.9 Å². The van der Waals surface area contributed by atoms with Gasteiger partial charge < -0.3 is 19.5 Å². The minimum absolute atomic E-state index is 0.0386. The van der Waals surface area contributed by atoms with Crippen LogP contribution in [0.15, 0.2) is 103 Å². The van der Waals surface area contributed by atoms with E-state index in [2.05, 4.69) is 11.1 Å². The van der Waals surface area contributed by atoms with Gasteiger partial charge in [0, 0.05) is 24.5 Å². The number of amides is 1. The zero-order chi connectivity index (χ0) is 28.1. The highest BCUT2D eigenvalue weighted by molar-refractivity contribution is 6.46. The number of likely N-dealkylation sites (tertiary alicyclic amines) is 1. The number of hydrogen-bond acceptors (Lipinski definition) is 6. The Balaban J connectivity index is 1.47. The molecule has 1 unspecified atom stereocenters. The summed E-state index contributed by atoms with van der Waals surface area (Å²) >= 11 is 0. The molecule has 7 heteroatoms. The second-order valence-electron chi connectivity index (χ2n) is 9.59. The second kappa shape index (κ2) is 11.9. The molecule has 0 radical (unpaired) electrons. The summed E-state index contributed by atoms with van der Waals surface area (Å²) in [6, 6.07) is 25.0. The molecule has 1 atom stereocenters. The molecule has 5 rings (SSSR count). The van der Waals surface area contributed by atoms with Crippen LogP contribution in [0.25, 0.3) is 5.76 Å². The van der Waals surface area contributed by atoms with E-state index < -0.39 is 17.7 Å². The third kappa shape index (κ3) is 5.73. The Bertz CT molecular complexity index is 1530. The first-order valence-electron chi connectivity index (χ1n) is 13.1. The first-order valence-corrected chi connectivity index (χ1v) is 13.1. The molecule has 1 N–H and O–H groups in total. The molecule has 0 bridgehead atoms. The zero-order valence-electron chi connectivity index (χ0n) is 22.4. The Kier molecular flexibility index (Phi) is 7.92. The van der Waals surface area contributed by atoms with Crippen LogP contribution in [0, 0.1) is 6.92 Å². The molecule has 1 aromatic heterocycles. The number of ketones is 1. The van der Waals surface area contributed by atoms with Crippen molar-refractivity contribution in [1.29, 1.82) is 0 Å². The van der Waals surface area contributed by atoms with Crippen LogP contribution in [0.4, 0.5) is 0 Å². The van der Waals surface area contributed by atoms with Crippen LogP contribution in [0.3, 0.4) is 0 Å². The van der Waals surface area contributed by atoms with Crippen LogP contribution in [-0.2, 0) is 22.7 Å². The summed E-state index contributed by atoms with van der Waals surface area (Å²) in [5.41, 5.74) is 4.18. The summed E-state index contributed by atoms with van der Waals surface area (Å²) in [5, 5.41) is 11.4. The lowest BCUT2D eigenvalue weighted by molar-refractivity contribution is -0.140. The standard InChI is InChI=1S/C33H30N2O5/c1-3-39-27-11-7-25(8-12-27)30-29(32(37)33(38)35(30)20-23-15-17-34-18-16-23)31(36)26-9-13-28(14-10-26)40-21-24-6-4-5-22(2)19-24/h4-19,30,36H,3,20-21H2,1-2H3/b31-29+. The van der Waals surface area contributed by atoms with E-state index in [1.54, 1.807) is 60.9 Å². The van der Waals surface area contributed by atoms with Gasteiger partial charge in [-0.2, -0.15) is 0 Å². The van der Waals surface area contributed by atoms with E-state index in [1.807, 2.05) is 44.2 Å². The van der Waals surface area contributed by atoms with Gasteiger partial charge in [-0.15, -0.1) is 0 Å². The van der Waals surface area contributed by atoms with Gasteiger partial charge in [-0.3, -0.25) is 14.6 Å². The van der Waals surface area contributed by atoms with E-state index in [9.17, 15) is 14.7 Å². The second-order valence-corrected chi connectivity index (χ2v) is 9.59. The fourth-order valence-electron chi connectivity index (χ4n) is 4.82. The first kappa shape index (κ1) is 26.7. The van der Waals surface area contributed by atoms with Crippen LogP contribution >= 0.6 is 0 Å². The summed E-state index contributed by atoms with van der Waals surface area (Å²) in [6.07, 6.45) is 3.28. The van der Waals surface area contributed by atoms with Gasteiger partial charge in [0.1, 0.15) is 23.9 Å². The first-order chi connectivity index (χ1) is 19.4. The normalized spacial score (nSPS) is 16.2. The molecule has 1 aliphatic rings. The summed E-state index contributed by atoms with van der Waals surface area (Å²) in [6.45, 7) is 5.04. The minimum Gasteiger partial charge on any atom is -0.507 e. The quantitative estimate of drug-likeness (QED) is 0.161. The van der Waals surface area contributed by atoms with Crippen molar-refractivity contribution in [2.75, 3.05) is 6.61 Å². The number of nitrogens with zero attached hydrogens (tertiary/aromatic N) is 2. The molecule has 40 heavy (non-hydrogen) atoms. The predicted octanol–water partition coefficient (Wildman–Crippen LogP) is 5.99. The SMILES string of the molecule is CCOc1ccc(C2/C(=C(\O)c3ccc(OCc4cccc(C)c4)cc3)C(=O)C(=O)N2Cc2ccncc2)cc1. The summed E-state index contributed by atoms with van der Waals surface area (Å²) < 4.78 is 11.5. The van der Waals surface area contributed by atoms with E-state index in [0.29, 0.717) is 35.8 Å². The largest absolute Gasteiger partial charge is 0.507 e. The van der Waals surface area contributed by atoms with Crippen molar-refractivity contribution in [3.8, 4) is 11.5 Å².